The van der Waals surface area contributed by atoms with E-state index < -0.39 is 0 Å². The van der Waals surface area contributed by atoms with Crippen molar-refractivity contribution in [2.75, 3.05) is 5.32 Å². The molecule has 0 fully saturated rings. The molecule has 21 heavy (non-hydrogen) atoms. The van der Waals surface area contributed by atoms with Gasteiger partial charge >= 0.3 is 0 Å². The van der Waals surface area contributed by atoms with Gasteiger partial charge in [0.2, 0.25) is 0 Å². The van der Waals surface area contributed by atoms with Crippen molar-refractivity contribution in [1.82, 2.24) is 4.98 Å². The number of aromatic nitrogens is 1. The SMILES string of the molecule is Cc1cc(C)c2c(=O)c3cccc(NC(N)=S)c3[nH]c2c1. The fourth-order valence-electron chi connectivity index (χ4n) is 2.75. The molecule has 2 aromatic carbocycles. The molecule has 0 unspecified atom stereocenters. The Morgan fingerprint density at radius 3 is 2.76 bits per heavy atom. The number of benzene rings is 2. The normalized spacial score (nSPS) is 11.0. The summed E-state index contributed by atoms with van der Waals surface area (Å²) in [5.41, 5.74) is 9.88. The molecule has 0 aliphatic carbocycles. The predicted molar refractivity (Wildman–Crippen MR) is 92.0 cm³/mol. The molecule has 0 radical (unpaired) electrons. The summed E-state index contributed by atoms with van der Waals surface area (Å²) in [5, 5.41) is 4.42. The molecule has 1 aromatic heterocycles. The van der Waals surface area contributed by atoms with Gasteiger partial charge in [-0.3, -0.25) is 4.79 Å². The summed E-state index contributed by atoms with van der Waals surface area (Å²) < 4.78 is 0. The Morgan fingerprint density at radius 2 is 2.05 bits per heavy atom. The molecule has 0 atom stereocenters. The van der Waals surface area contributed by atoms with Gasteiger partial charge in [0.05, 0.1) is 16.7 Å². The molecule has 3 rings (SSSR count). The zero-order valence-corrected chi connectivity index (χ0v) is 12.6. The van der Waals surface area contributed by atoms with Crippen LogP contribution in [0.1, 0.15) is 11.1 Å². The number of fused-ring (bicyclic) bond motifs is 2. The average molecular weight is 297 g/mol. The molecule has 3 aromatic rings. The molecule has 4 nitrogen and oxygen atoms in total. The van der Waals surface area contributed by atoms with Gasteiger partial charge in [0.1, 0.15) is 0 Å². The maximum absolute atomic E-state index is 12.7. The molecule has 0 aliphatic heterocycles. The Kier molecular flexibility index (Phi) is 3.14. The van der Waals surface area contributed by atoms with Gasteiger partial charge in [0, 0.05) is 10.8 Å². The number of nitrogens with two attached hydrogens (primary N) is 1. The second-order valence-corrected chi connectivity index (χ2v) is 5.62. The summed E-state index contributed by atoms with van der Waals surface area (Å²) in [7, 11) is 0. The third kappa shape index (κ3) is 2.25. The van der Waals surface area contributed by atoms with E-state index in [0.717, 1.165) is 22.0 Å². The number of aryl methyl sites for hydroxylation is 2. The summed E-state index contributed by atoms with van der Waals surface area (Å²) in [4.78, 5) is 16.1. The smallest absolute Gasteiger partial charge is 0.197 e. The first-order valence-electron chi connectivity index (χ1n) is 6.60. The monoisotopic (exact) mass is 297 g/mol. The fourth-order valence-corrected chi connectivity index (χ4v) is 2.86. The van der Waals surface area contributed by atoms with Crippen molar-refractivity contribution in [2.45, 2.75) is 13.8 Å². The molecule has 4 N–H and O–H groups in total. The van der Waals surface area contributed by atoms with Crippen LogP contribution in [0.5, 0.6) is 0 Å². The number of para-hydroxylation sites is 1. The van der Waals surface area contributed by atoms with Gasteiger partial charge in [0.15, 0.2) is 10.5 Å². The van der Waals surface area contributed by atoms with E-state index in [0.29, 0.717) is 16.6 Å². The Hall–Kier alpha value is -2.40. The summed E-state index contributed by atoms with van der Waals surface area (Å²) in [6.45, 7) is 3.96. The number of hydrogen-bond donors (Lipinski definition) is 3. The Labute approximate surface area is 127 Å². The van der Waals surface area contributed by atoms with Gasteiger partial charge in [0.25, 0.3) is 0 Å². The van der Waals surface area contributed by atoms with Crippen LogP contribution in [0, 0.1) is 13.8 Å². The molecule has 0 bridgehead atoms. The quantitative estimate of drug-likeness (QED) is 0.477. The minimum absolute atomic E-state index is 0.0165. The number of hydrogen-bond acceptors (Lipinski definition) is 2. The number of H-pyrrole nitrogens is 1. The van der Waals surface area contributed by atoms with E-state index in [-0.39, 0.29) is 10.5 Å². The Morgan fingerprint density at radius 1 is 1.29 bits per heavy atom. The number of aromatic amines is 1. The highest BCUT2D eigenvalue weighted by atomic mass is 32.1. The predicted octanol–water partition coefficient (Wildman–Crippen LogP) is 2.95. The molecule has 0 aliphatic rings. The van der Waals surface area contributed by atoms with Crippen molar-refractivity contribution in [3.8, 4) is 0 Å². The van der Waals surface area contributed by atoms with E-state index in [2.05, 4.69) is 10.3 Å². The fraction of sp³-hybridized carbons (Fsp3) is 0.125. The zero-order valence-electron chi connectivity index (χ0n) is 11.8. The van der Waals surface area contributed by atoms with Crippen molar-refractivity contribution in [1.29, 1.82) is 0 Å². The van der Waals surface area contributed by atoms with Gasteiger partial charge in [-0.2, -0.15) is 0 Å². The molecular formula is C16H15N3OS. The number of anilines is 1. The minimum atomic E-state index is 0.0165. The van der Waals surface area contributed by atoms with Crippen LogP contribution in [-0.4, -0.2) is 10.1 Å². The molecule has 5 heteroatoms. The van der Waals surface area contributed by atoms with Crippen LogP contribution in [0.15, 0.2) is 35.1 Å². The van der Waals surface area contributed by atoms with Crippen LogP contribution >= 0.6 is 12.2 Å². The number of pyridine rings is 1. The first kappa shape index (κ1) is 13.6. The lowest BCUT2D eigenvalue weighted by Gasteiger charge is -2.11. The van der Waals surface area contributed by atoms with Gasteiger partial charge < -0.3 is 16.0 Å². The van der Waals surface area contributed by atoms with Crippen LogP contribution in [-0.2, 0) is 0 Å². The van der Waals surface area contributed by atoms with Crippen molar-refractivity contribution in [3.05, 3.63) is 51.7 Å². The van der Waals surface area contributed by atoms with Gasteiger partial charge in [-0.25, -0.2) is 0 Å². The third-order valence-electron chi connectivity index (χ3n) is 3.53. The maximum atomic E-state index is 12.7. The summed E-state index contributed by atoms with van der Waals surface area (Å²) in [6.07, 6.45) is 0. The van der Waals surface area contributed by atoms with Gasteiger partial charge in [-0.05, 0) is 55.4 Å². The number of thiocarbonyl (C=S) groups is 1. The summed E-state index contributed by atoms with van der Waals surface area (Å²) >= 11 is 4.89. The van der Waals surface area contributed by atoms with E-state index in [1.165, 1.54) is 0 Å². The van der Waals surface area contributed by atoms with Crippen molar-refractivity contribution >= 4 is 44.8 Å². The number of nitrogens with one attached hydrogen (secondary N) is 2. The van der Waals surface area contributed by atoms with Crippen LogP contribution in [0.2, 0.25) is 0 Å². The van der Waals surface area contributed by atoms with E-state index in [1.807, 2.05) is 38.1 Å². The van der Waals surface area contributed by atoms with Crippen LogP contribution < -0.4 is 16.5 Å². The first-order chi connectivity index (χ1) is 9.97. The molecular weight excluding hydrogens is 282 g/mol. The topological polar surface area (TPSA) is 70.9 Å². The molecule has 0 saturated heterocycles. The Bertz CT molecular complexity index is 944. The number of rotatable bonds is 1. The molecule has 1 heterocycles. The lowest BCUT2D eigenvalue weighted by molar-refractivity contribution is 1.38. The van der Waals surface area contributed by atoms with Crippen LogP contribution in [0.25, 0.3) is 21.8 Å². The molecule has 0 saturated carbocycles. The highest BCUT2D eigenvalue weighted by Gasteiger charge is 2.11. The minimum Gasteiger partial charge on any atom is -0.376 e. The average Bonchev–Trinajstić information content (AvgIpc) is 2.38. The second-order valence-electron chi connectivity index (χ2n) is 5.18. The standard InChI is InChI=1S/C16H15N3OS/c1-8-6-9(2)13-12(7-8)18-14-10(15(13)20)4-3-5-11(14)19-16(17)21/h3-7H,1-2H3,(H,18,20)(H3,17,19,21). The van der Waals surface area contributed by atoms with Crippen LogP contribution in [0.3, 0.4) is 0 Å². The molecule has 106 valence electrons. The molecule has 0 amide bonds. The van der Waals surface area contributed by atoms with Crippen LogP contribution in [0.4, 0.5) is 5.69 Å². The second kappa shape index (κ2) is 4.86. The van der Waals surface area contributed by atoms with Gasteiger partial charge in [-0.1, -0.05) is 12.1 Å². The lowest BCUT2D eigenvalue weighted by atomic mass is 10.0. The zero-order chi connectivity index (χ0) is 15.1. The van der Waals surface area contributed by atoms with E-state index in [4.69, 9.17) is 18.0 Å². The van der Waals surface area contributed by atoms with Crippen molar-refractivity contribution in [2.24, 2.45) is 5.73 Å². The Balaban J connectivity index is 2.48. The van der Waals surface area contributed by atoms with E-state index in [9.17, 15) is 4.79 Å². The highest BCUT2D eigenvalue weighted by molar-refractivity contribution is 7.80. The maximum Gasteiger partial charge on any atom is 0.197 e. The summed E-state index contributed by atoms with van der Waals surface area (Å²) in [6, 6.07) is 9.44. The highest BCUT2D eigenvalue weighted by Crippen LogP contribution is 2.24. The summed E-state index contributed by atoms with van der Waals surface area (Å²) in [5.74, 6) is 0. The lowest BCUT2D eigenvalue weighted by Crippen LogP contribution is -2.19. The third-order valence-corrected chi connectivity index (χ3v) is 3.64. The van der Waals surface area contributed by atoms with E-state index in [1.54, 1.807) is 6.07 Å². The van der Waals surface area contributed by atoms with Gasteiger partial charge in [-0.15, -0.1) is 0 Å². The van der Waals surface area contributed by atoms with Crippen molar-refractivity contribution in [3.63, 3.8) is 0 Å². The first-order valence-corrected chi connectivity index (χ1v) is 7.00. The van der Waals surface area contributed by atoms with E-state index >= 15 is 0 Å². The molecule has 0 spiro atoms. The largest absolute Gasteiger partial charge is 0.376 e. The van der Waals surface area contributed by atoms with Crippen molar-refractivity contribution < 1.29 is 0 Å².